The molecule has 6 nitrogen and oxygen atoms in total. The molecule has 2 aromatic rings. The minimum Gasteiger partial charge on any atom is -0.373 e. The van der Waals surface area contributed by atoms with Gasteiger partial charge in [-0.1, -0.05) is 29.8 Å². The zero-order valence-electron chi connectivity index (χ0n) is 17.5. The Hall–Kier alpha value is -2.55. The highest BCUT2D eigenvalue weighted by molar-refractivity contribution is 5.79. The fourth-order valence-electron chi connectivity index (χ4n) is 3.71. The largest absolute Gasteiger partial charge is 0.435 e. The van der Waals surface area contributed by atoms with Gasteiger partial charge in [0.1, 0.15) is 0 Å². The van der Waals surface area contributed by atoms with Crippen molar-refractivity contribution < 1.29 is 17.9 Å². The summed E-state index contributed by atoms with van der Waals surface area (Å²) >= 11 is 0. The zero-order chi connectivity index (χ0) is 21.7. The molecule has 2 atom stereocenters. The summed E-state index contributed by atoms with van der Waals surface area (Å²) in [4.78, 5) is 4.14. The van der Waals surface area contributed by atoms with Crippen LogP contribution in [-0.4, -0.2) is 35.9 Å². The quantitative estimate of drug-likeness (QED) is 0.570. The van der Waals surface area contributed by atoms with Gasteiger partial charge in [-0.3, -0.25) is 9.67 Å². The highest BCUT2D eigenvalue weighted by Gasteiger charge is 2.36. The van der Waals surface area contributed by atoms with E-state index in [0.29, 0.717) is 12.5 Å². The zero-order valence-corrected chi connectivity index (χ0v) is 17.5. The van der Waals surface area contributed by atoms with E-state index in [1.165, 1.54) is 23.5 Å². The summed E-state index contributed by atoms with van der Waals surface area (Å²) in [6, 6.07) is 8.33. The van der Waals surface area contributed by atoms with E-state index >= 15 is 0 Å². The lowest BCUT2D eigenvalue weighted by molar-refractivity contribution is -0.142. The molecule has 2 heterocycles. The maximum atomic E-state index is 13.1. The number of alkyl halides is 3. The van der Waals surface area contributed by atoms with Crippen LogP contribution in [0, 0.1) is 12.8 Å². The average molecular weight is 423 g/mol. The molecule has 0 radical (unpaired) electrons. The highest BCUT2D eigenvalue weighted by Crippen LogP contribution is 2.33. The van der Waals surface area contributed by atoms with E-state index in [0.717, 1.165) is 25.0 Å². The van der Waals surface area contributed by atoms with E-state index in [2.05, 4.69) is 45.0 Å². The van der Waals surface area contributed by atoms with Crippen LogP contribution in [-0.2, 0) is 24.5 Å². The topological polar surface area (TPSA) is 63.5 Å². The summed E-state index contributed by atoms with van der Waals surface area (Å²) in [7, 11) is 3.07. The van der Waals surface area contributed by atoms with E-state index in [1.54, 1.807) is 7.05 Å². The van der Waals surface area contributed by atoms with Gasteiger partial charge < -0.3 is 15.4 Å². The first kappa shape index (κ1) is 22.1. The second-order valence-electron chi connectivity index (χ2n) is 7.59. The molecule has 30 heavy (non-hydrogen) atoms. The molecule has 3 rings (SSSR count). The maximum Gasteiger partial charge on any atom is 0.435 e. The summed E-state index contributed by atoms with van der Waals surface area (Å²) in [5, 5.41) is 9.72. The van der Waals surface area contributed by atoms with Crippen LogP contribution in [0.3, 0.4) is 0 Å². The van der Waals surface area contributed by atoms with Gasteiger partial charge >= 0.3 is 6.18 Å². The third kappa shape index (κ3) is 5.53. The van der Waals surface area contributed by atoms with Crippen molar-refractivity contribution in [3.05, 3.63) is 52.8 Å². The average Bonchev–Trinajstić information content (AvgIpc) is 3.10. The fourth-order valence-corrected chi connectivity index (χ4v) is 3.71. The molecule has 1 fully saturated rings. The minimum atomic E-state index is -4.49. The van der Waals surface area contributed by atoms with Gasteiger partial charge in [0.25, 0.3) is 0 Å². The first-order valence-corrected chi connectivity index (χ1v) is 10.0. The predicted octanol–water partition coefficient (Wildman–Crippen LogP) is 3.58. The van der Waals surface area contributed by atoms with Gasteiger partial charge in [-0.05, 0) is 25.3 Å². The van der Waals surface area contributed by atoms with Crippen LogP contribution in [0.5, 0.6) is 0 Å². The van der Waals surface area contributed by atoms with Gasteiger partial charge in [-0.2, -0.15) is 18.3 Å². The Morgan fingerprint density at radius 3 is 2.67 bits per heavy atom. The van der Waals surface area contributed by atoms with Crippen LogP contribution in [0.4, 0.5) is 13.2 Å². The SMILES string of the molecule is CN=C(NCc1cn(C)nc1C(F)(F)F)NCC1CCCOC1c1ccc(C)cc1. The number of nitrogens with zero attached hydrogens (tertiary/aromatic N) is 3. The molecule has 9 heteroatoms. The summed E-state index contributed by atoms with van der Waals surface area (Å²) in [6.07, 6.45) is -1.16. The summed E-state index contributed by atoms with van der Waals surface area (Å²) in [6.45, 7) is 3.36. The standard InChI is InChI=1S/C21H28F3N5O/c1-14-6-8-15(9-7-14)18-16(5-4-10-30-18)11-26-20(25-2)27-12-17-13-29(3)28-19(17)21(22,23)24/h6-9,13,16,18H,4-5,10-12H2,1-3H3,(H2,25,26,27). The third-order valence-electron chi connectivity index (χ3n) is 5.23. The number of halogens is 3. The molecule has 1 aromatic heterocycles. The number of hydrogen-bond acceptors (Lipinski definition) is 3. The van der Waals surface area contributed by atoms with Crippen LogP contribution in [0.25, 0.3) is 0 Å². The van der Waals surface area contributed by atoms with Crippen molar-refractivity contribution in [2.45, 2.75) is 38.6 Å². The van der Waals surface area contributed by atoms with Crippen LogP contribution in [0.15, 0.2) is 35.5 Å². The lowest BCUT2D eigenvalue weighted by Gasteiger charge is -2.32. The van der Waals surface area contributed by atoms with Crippen molar-refractivity contribution in [1.29, 1.82) is 0 Å². The molecular formula is C21H28F3N5O. The molecule has 0 spiro atoms. The number of ether oxygens (including phenoxy) is 1. The van der Waals surface area contributed by atoms with Crippen molar-refractivity contribution in [2.24, 2.45) is 18.0 Å². The minimum absolute atomic E-state index is 0.0138. The van der Waals surface area contributed by atoms with Crippen molar-refractivity contribution in [3.63, 3.8) is 0 Å². The van der Waals surface area contributed by atoms with Gasteiger partial charge in [-0.25, -0.2) is 0 Å². The second kappa shape index (κ2) is 9.51. The number of aliphatic imine (C=N–C) groups is 1. The molecule has 1 aromatic carbocycles. The molecule has 1 aliphatic rings. The fraction of sp³-hybridized carbons (Fsp3) is 0.524. The van der Waals surface area contributed by atoms with Crippen LogP contribution < -0.4 is 10.6 Å². The summed E-state index contributed by atoms with van der Waals surface area (Å²) in [5.41, 5.74) is 1.53. The summed E-state index contributed by atoms with van der Waals surface area (Å²) < 4.78 is 46.6. The van der Waals surface area contributed by atoms with Crippen LogP contribution in [0.2, 0.25) is 0 Å². The van der Waals surface area contributed by atoms with Gasteiger partial charge in [0.05, 0.1) is 6.10 Å². The molecule has 164 valence electrons. The van der Waals surface area contributed by atoms with E-state index in [1.807, 2.05) is 6.92 Å². The first-order valence-electron chi connectivity index (χ1n) is 10.0. The number of guanidine groups is 1. The Morgan fingerprint density at radius 2 is 2.00 bits per heavy atom. The van der Waals surface area contributed by atoms with Crippen molar-refractivity contribution in [1.82, 2.24) is 20.4 Å². The molecule has 1 saturated heterocycles. The molecule has 2 N–H and O–H groups in total. The molecule has 0 saturated carbocycles. The molecule has 0 bridgehead atoms. The molecular weight excluding hydrogens is 395 g/mol. The van der Waals surface area contributed by atoms with Crippen molar-refractivity contribution >= 4 is 5.96 Å². The second-order valence-corrected chi connectivity index (χ2v) is 7.59. The lowest BCUT2D eigenvalue weighted by atomic mass is 9.89. The Kier molecular flexibility index (Phi) is 7.02. The highest BCUT2D eigenvalue weighted by atomic mass is 19.4. The van der Waals surface area contributed by atoms with Crippen LogP contribution in [0.1, 0.15) is 41.3 Å². The van der Waals surface area contributed by atoms with Gasteiger partial charge in [-0.15, -0.1) is 0 Å². The Balaban J connectivity index is 1.60. The monoisotopic (exact) mass is 423 g/mol. The number of benzene rings is 1. The smallest absolute Gasteiger partial charge is 0.373 e. The number of aryl methyl sites for hydroxylation is 2. The van der Waals surface area contributed by atoms with E-state index in [-0.39, 0.29) is 24.1 Å². The number of nitrogens with one attached hydrogen (secondary N) is 2. The first-order chi connectivity index (χ1) is 14.3. The number of rotatable bonds is 5. The maximum absolute atomic E-state index is 13.1. The predicted molar refractivity (Wildman–Crippen MR) is 109 cm³/mol. The molecule has 0 amide bonds. The van der Waals surface area contributed by atoms with Gasteiger partial charge in [0.2, 0.25) is 0 Å². The molecule has 1 aliphatic heterocycles. The normalized spacial score (nSPS) is 20.3. The van der Waals surface area contributed by atoms with Gasteiger partial charge in [0, 0.05) is 51.5 Å². The molecule has 0 aliphatic carbocycles. The van der Waals surface area contributed by atoms with Crippen molar-refractivity contribution in [2.75, 3.05) is 20.2 Å². The third-order valence-corrected chi connectivity index (χ3v) is 5.23. The lowest BCUT2D eigenvalue weighted by Crippen LogP contribution is -2.41. The van der Waals surface area contributed by atoms with Gasteiger partial charge in [0.15, 0.2) is 11.7 Å². The number of hydrogen-bond donors (Lipinski definition) is 2. The van der Waals surface area contributed by atoms with Crippen LogP contribution >= 0.6 is 0 Å². The van der Waals surface area contributed by atoms with E-state index in [4.69, 9.17) is 4.74 Å². The molecule has 2 unspecified atom stereocenters. The Morgan fingerprint density at radius 1 is 1.27 bits per heavy atom. The Bertz CT molecular complexity index is 861. The van der Waals surface area contributed by atoms with Crippen molar-refractivity contribution in [3.8, 4) is 0 Å². The van der Waals surface area contributed by atoms with E-state index in [9.17, 15) is 13.2 Å². The number of aromatic nitrogens is 2. The van der Waals surface area contributed by atoms with E-state index < -0.39 is 11.9 Å². The Labute approximate surface area is 174 Å². The summed E-state index contributed by atoms with van der Waals surface area (Å²) in [5.74, 6) is 0.685.